The standard InChI is InChI=1S/C18H23ClN2O4/c1-12-9-16(5-6-17(12)19)24-11-14(22)10-21-18(23)20-8-7-15-4-3-13(2)25-15/h3-6,9,14,22H,7-8,10-11H2,1-2H3,(H2,20,21,23)/t14-/m0/s1. The Hall–Kier alpha value is -2.18. The van der Waals surface area contributed by atoms with E-state index in [-0.39, 0.29) is 19.2 Å². The van der Waals surface area contributed by atoms with E-state index in [0.29, 0.717) is 23.7 Å². The smallest absolute Gasteiger partial charge is 0.314 e. The lowest BCUT2D eigenvalue weighted by Crippen LogP contribution is -2.41. The number of rotatable bonds is 8. The lowest BCUT2D eigenvalue weighted by atomic mass is 10.2. The first-order valence-electron chi connectivity index (χ1n) is 8.08. The summed E-state index contributed by atoms with van der Waals surface area (Å²) < 4.78 is 10.9. The van der Waals surface area contributed by atoms with E-state index in [9.17, 15) is 9.90 Å². The van der Waals surface area contributed by atoms with Gasteiger partial charge in [-0.05, 0) is 49.7 Å². The van der Waals surface area contributed by atoms with Crippen LogP contribution in [0.5, 0.6) is 5.75 Å². The van der Waals surface area contributed by atoms with Gasteiger partial charge in [0.05, 0.1) is 0 Å². The number of ether oxygens (including phenoxy) is 1. The normalized spacial score (nSPS) is 11.8. The van der Waals surface area contributed by atoms with Gasteiger partial charge in [0.15, 0.2) is 0 Å². The van der Waals surface area contributed by atoms with Gasteiger partial charge in [-0.25, -0.2) is 4.79 Å². The Morgan fingerprint density at radius 1 is 1.28 bits per heavy atom. The molecule has 0 aliphatic carbocycles. The van der Waals surface area contributed by atoms with Crippen LogP contribution in [-0.2, 0) is 6.42 Å². The number of furan rings is 1. The minimum atomic E-state index is -0.811. The van der Waals surface area contributed by atoms with Gasteiger partial charge in [-0.1, -0.05) is 11.6 Å². The van der Waals surface area contributed by atoms with Crippen molar-refractivity contribution in [1.29, 1.82) is 0 Å². The summed E-state index contributed by atoms with van der Waals surface area (Å²) in [6.45, 7) is 4.38. The van der Waals surface area contributed by atoms with E-state index in [2.05, 4.69) is 10.6 Å². The van der Waals surface area contributed by atoms with Crippen molar-refractivity contribution >= 4 is 17.6 Å². The topological polar surface area (TPSA) is 83.7 Å². The lowest BCUT2D eigenvalue weighted by molar-refractivity contribution is 0.108. The highest BCUT2D eigenvalue weighted by Crippen LogP contribution is 2.21. The number of benzene rings is 1. The molecule has 0 bridgehead atoms. The zero-order valence-corrected chi connectivity index (χ0v) is 15.1. The average Bonchev–Trinajstić information content (AvgIpc) is 2.99. The fraction of sp³-hybridized carbons (Fsp3) is 0.389. The van der Waals surface area contributed by atoms with Crippen LogP contribution in [0.4, 0.5) is 4.79 Å². The first-order valence-corrected chi connectivity index (χ1v) is 8.46. The van der Waals surface area contributed by atoms with Gasteiger partial charge in [0.1, 0.15) is 30.0 Å². The second-order valence-corrected chi connectivity index (χ2v) is 6.18. The van der Waals surface area contributed by atoms with E-state index in [0.717, 1.165) is 17.1 Å². The third-order valence-electron chi connectivity index (χ3n) is 3.52. The van der Waals surface area contributed by atoms with Gasteiger partial charge in [-0.2, -0.15) is 0 Å². The Morgan fingerprint density at radius 2 is 2.08 bits per heavy atom. The van der Waals surface area contributed by atoms with E-state index < -0.39 is 6.10 Å². The van der Waals surface area contributed by atoms with E-state index in [4.69, 9.17) is 20.8 Å². The molecule has 0 spiro atoms. The van der Waals surface area contributed by atoms with Crippen molar-refractivity contribution in [2.24, 2.45) is 0 Å². The summed E-state index contributed by atoms with van der Waals surface area (Å²) in [4.78, 5) is 11.7. The number of hydrogen-bond donors (Lipinski definition) is 3. The molecule has 2 aromatic rings. The van der Waals surface area contributed by atoms with Crippen LogP contribution >= 0.6 is 11.6 Å². The Bertz CT molecular complexity index is 702. The number of carbonyl (C=O) groups excluding carboxylic acids is 1. The molecule has 7 heteroatoms. The number of aliphatic hydroxyl groups excluding tert-OH is 1. The summed E-state index contributed by atoms with van der Waals surface area (Å²) in [6.07, 6.45) is -0.197. The summed E-state index contributed by atoms with van der Waals surface area (Å²) in [5.41, 5.74) is 0.901. The average molecular weight is 367 g/mol. The van der Waals surface area contributed by atoms with Crippen LogP contribution in [0.1, 0.15) is 17.1 Å². The third kappa shape index (κ3) is 6.68. The predicted molar refractivity (Wildman–Crippen MR) is 96.2 cm³/mol. The number of aryl methyl sites for hydroxylation is 2. The Balaban J connectivity index is 1.61. The number of carbonyl (C=O) groups is 1. The van der Waals surface area contributed by atoms with Crippen molar-refractivity contribution in [3.8, 4) is 5.75 Å². The van der Waals surface area contributed by atoms with Gasteiger partial charge >= 0.3 is 6.03 Å². The zero-order chi connectivity index (χ0) is 18.2. The fourth-order valence-electron chi connectivity index (χ4n) is 2.15. The highest BCUT2D eigenvalue weighted by Gasteiger charge is 2.09. The molecule has 0 aliphatic heterocycles. The Morgan fingerprint density at radius 3 is 2.76 bits per heavy atom. The van der Waals surface area contributed by atoms with Gasteiger partial charge in [-0.15, -0.1) is 0 Å². The molecule has 2 amide bonds. The molecule has 0 unspecified atom stereocenters. The number of amides is 2. The highest BCUT2D eigenvalue weighted by molar-refractivity contribution is 6.31. The number of aliphatic hydroxyl groups is 1. The molecule has 0 fully saturated rings. The second kappa shape index (κ2) is 9.34. The van der Waals surface area contributed by atoms with Crippen molar-refractivity contribution in [1.82, 2.24) is 10.6 Å². The van der Waals surface area contributed by atoms with Crippen molar-refractivity contribution in [3.05, 3.63) is 52.4 Å². The summed E-state index contributed by atoms with van der Waals surface area (Å²) in [6, 6.07) is 8.70. The number of hydrogen-bond acceptors (Lipinski definition) is 4. The first kappa shape index (κ1) is 19.1. The van der Waals surface area contributed by atoms with Crippen molar-refractivity contribution in [3.63, 3.8) is 0 Å². The molecule has 25 heavy (non-hydrogen) atoms. The second-order valence-electron chi connectivity index (χ2n) is 5.77. The Labute approximate surface area is 152 Å². The summed E-state index contributed by atoms with van der Waals surface area (Å²) in [7, 11) is 0. The van der Waals surface area contributed by atoms with Crippen LogP contribution in [-0.4, -0.2) is 36.9 Å². The quantitative estimate of drug-likeness (QED) is 0.670. The molecule has 3 N–H and O–H groups in total. The number of halogens is 1. The highest BCUT2D eigenvalue weighted by atomic mass is 35.5. The van der Waals surface area contributed by atoms with Gasteiger partial charge in [-0.3, -0.25) is 0 Å². The fourth-order valence-corrected chi connectivity index (χ4v) is 2.27. The van der Waals surface area contributed by atoms with Crippen LogP contribution in [0.25, 0.3) is 0 Å². The predicted octanol–water partition coefficient (Wildman–Crippen LogP) is 2.83. The van der Waals surface area contributed by atoms with Crippen molar-refractivity contribution in [2.75, 3.05) is 19.7 Å². The number of nitrogens with one attached hydrogen (secondary N) is 2. The summed E-state index contributed by atoms with van der Waals surface area (Å²) in [5, 5.41) is 15.8. The Kier molecular flexibility index (Phi) is 7.16. The molecule has 6 nitrogen and oxygen atoms in total. The minimum Gasteiger partial charge on any atom is -0.491 e. The molecule has 0 saturated carbocycles. The lowest BCUT2D eigenvalue weighted by Gasteiger charge is -2.14. The molecule has 0 saturated heterocycles. The van der Waals surface area contributed by atoms with E-state index in [1.165, 1.54) is 0 Å². The largest absolute Gasteiger partial charge is 0.491 e. The monoisotopic (exact) mass is 366 g/mol. The van der Waals surface area contributed by atoms with Crippen LogP contribution in [0.2, 0.25) is 5.02 Å². The molecule has 136 valence electrons. The molecule has 0 aliphatic rings. The molecule has 2 rings (SSSR count). The van der Waals surface area contributed by atoms with E-state index in [1.54, 1.807) is 18.2 Å². The van der Waals surface area contributed by atoms with Crippen molar-refractivity contribution in [2.45, 2.75) is 26.4 Å². The van der Waals surface area contributed by atoms with Gasteiger partial charge in [0.2, 0.25) is 0 Å². The van der Waals surface area contributed by atoms with Crippen LogP contribution < -0.4 is 15.4 Å². The van der Waals surface area contributed by atoms with Crippen LogP contribution in [0.15, 0.2) is 34.7 Å². The maximum Gasteiger partial charge on any atom is 0.314 e. The van der Waals surface area contributed by atoms with Gasteiger partial charge < -0.3 is 24.9 Å². The minimum absolute atomic E-state index is 0.0764. The molecule has 1 heterocycles. The van der Waals surface area contributed by atoms with Crippen molar-refractivity contribution < 1.29 is 19.1 Å². The first-order chi connectivity index (χ1) is 11.9. The van der Waals surface area contributed by atoms with Crippen LogP contribution in [0.3, 0.4) is 0 Å². The van der Waals surface area contributed by atoms with E-state index in [1.807, 2.05) is 26.0 Å². The number of urea groups is 1. The maximum atomic E-state index is 11.7. The molecular weight excluding hydrogens is 344 g/mol. The third-order valence-corrected chi connectivity index (χ3v) is 3.95. The molecule has 0 radical (unpaired) electrons. The maximum absolute atomic E-state index is 11.7. The molecular formula is C18H23ClN2O4. The van der Waals surface area contributed by atoms with Gasteiger partial charge in [0, 0.05) is 24.5 Å². The molecule has 1 aromatic carbocycles. The van der Waals surface area contributed by atoms with E-state index >= 15 is 0 Å². The van der Waals surface area contributed by atoms with Gasteiger partial charge in [0.25, 0.3) is 0 Å². The van der Waals surface area contributed by atoms with Crippen LogP contribution in [0, 0.1) is 13.8 Å². The molecule has 1 atom stereocenters. The zero-order valence-electron chi connectivity index (χ0n) is 14.3. The SMILES string of the molecule is Cc1ccc(CCNC(=O)NC[C@H](O)COc2ccc(Cl)c(C)c2)o1. The summed E-state index contributed by atoms with van der Waals surface area (Å²) >= 11 is 5.94. The molecule has 1 aromatic heterocycles. The summed E-state index contributed by atoms with van der Waals surface area (Å²) in [5.74, 6) is 2.29.